The Morgan fingerprint density at radius 1 is 1.44 bits per heavy atom. The molecule has 104 valence electrons. The maximum absolute atomic E-state index is 11.9. The first-order valence-corrected chi connectivity index (χ1v) is 6.10. The Balaban J connectivity index is 2.37. The number of carboxylic acids is 1. The fourth-order valence-corrected chi connectivity index (χ4v) is 1.69. The Bertz CT molecular complexity index is 335. The highest BCUT2D eigenvalue weighted by Gasteiger charge is 2.43. The number of carbonyl (C=O) groups is 2. The summed E-state index contributed by atoms with van der Waals surface area (Å²) in [5, 5.41) is 11.5. The van der Waals surface area contributed by atoms with Gasteiger partial charge in [-0.2, -0.15) is 0 Å². The van der Waals surface area contributed by atoms with Gasteiger partial charge in [-0.05, 0) is 27.2 Å². The highest BCUT2D eigenvalue weighted by Crippen LogP contribution is 2.25. The van der Waals surface area contributed by atoms with Gasteiger partial charge in [0.15, 0.2) is 0 Å². The molecule has 0 aromatic rings. The Morgan fingerprint density at radius 3 is 2.44 bits per heavy atom. The van der Waals surface area contributed by atoms with Crippen molar-refractivity contribution in [2.45, 2.75) is 45.3 Å². The standard InChI is InChI=1S/C12H22N2O4/c1-5-11(2,3)13-10(17)14-7-12(4,8-14)18-6-9(15)16/h5-8H2,1-4H3,(H,13,17)(H,15,16). The predicted molar refractivity (Wildman–Crippen MR) is 66.5 cm³/mol. The summed E-state index contributed by atoms with van der Waals surface area (Å²) in [6, 6.07) is -0.127. The first kappa shape index (κ1) is 14.8. The maximum Gasteiger partial charge on any atom is 0.329 e. The summed E-state index contributed by atoms with van der Waals surface area (Å²) < 4.78 is 5.24. The van der Waals surface area contributed by atoms with Crippen LogP contribution in [0.1, 0.15) is 34.1 Å². The van der Waals surface area contributed by atoms with E-state index in [0.29, 0.717) is 13.1 Å². The van der Waals surface area contributed by atoms with Crippen LogP contribution in [0.4, 0.5) is 4.79 Å². The van der Waals surface area contributed by atoms with Gasteiger partial charge < -0.3 is 20.1 Å². The van der Waals surface area contributed by atoms with Gasteiger partial charge >= 0.3 is 12.0 Å². The molecule has 0 atom stereocenters. The van der Waals surface area contributed by atoms with E-state index in [1.54, 1.807) is 4.90 Å². The van der Waals surface area contributed by atoms with Crippen LogP contribution in [0.5, 0.6) is 0 Å². The van der Waals surface area contributed by atoms with Crippen molar-refractivity contribution in [3.8, 4) is 0 Å². The van der Waals surface area contributed by atoms with Crippen LogP contribution in [0.2, 0.25) is 0 Å². The van der Waals surface area contributed by atoms with Gasteiger partial charge in [0.25, 0.3) is 0 Å². The average Bonchev–Trinajstić information content (AvgIpc) is 2.21. The number of hydrogen-bond donors (Lipinski definition) is 2. The molecule has 0 aliphatic carbocycles. The summed E-state index contributed by atoms with van der Waals surface area (Å²) in [4.78, 5) is 23.9. The van der Waals surface area contributed by atoms with Crippen molar-refractivity contribution in [3.05, 3.63) is 0 Å². The lowest BCUT2D eigenvalue weighted by Gasteiger charge is -2.47. The lowest BCUT2D eigenvalue weighted by atomic mass is 9.96. The smallest absolute Gasteiger partial charge is 0.329 e. The molecule has 1 rings (SSSR count). The fraction of sp³-hybridized carbons (Fsp3) is 0.833. The summed E-state index contributed by atoms with van der Waals surface area (Å²) in [6.45, 7) is 8.26. The fourth-order valence-electron chi connectivity index (χ4n) is 1.69. The van der Waals surface area contributed by atoms with Crippen LogP contribution >= 0.6 is 0 Å². The second kappa shape index (κ2) is 5.14. The normalized spacial score (nSPS) is 18.1. The molecule has 6 heteroatoms. The van der Waals surface area contributed by atoms with Gasteiger partial charge in [0.2, 0.25) is 0 Å². The van der Waals surface area contributed by atoms with Crippen LogP contribution in [0, 0.1) is 0 Å². The molecular weight excluding hydrogens is 236 g/mol. The molecule has 2 amide bonds. The quantitative estimate of drug-likeness (QED) is 0.773. The van der Waals surface area contributed by atoms with E-state index in [2.05, 4.69) is 5.32 Å². The van der Waals surface area contributed by atoms with E-state index in [0.717, 1.165) is 6.42 Å². The van der Waals surface area contributed by atoms with Gasteiger partial charge in [0, 0.05) is 5.54 Å². The Hall–Kier alpha value is -1.30. The number of ether oxygens (including phenoxy) is 1. The van der Waals surface area contributed by atoms with Gasteiger partial charge in [-0.25, -0.2) is 9.59 Å². The molecule has 0 unspecified atom stereocenters. The topological polar surface area (TPSA) is 78.9 Å². The van der Waals surface area contributed by atoms with Crippen LogP contribution in [0.25, 0.3) is 0 Å². The molecule has 0 spiro atoms. The predicted octanol–water partition coefficient (Wildman–Crippen LogP) is 1.06. The number of aliphatic carboxylic acids is 1. The van der Waals surface area contributed by atoms with Crippen LogP contribution in [-0.2, 0) is 9.53 Å². The van der Waals surface area contributed by atoms with Crippen LogP contribution in [0.15, 0.2) is 0 Å². The molecule has 0 aromatic heterocycles. The maximum atomic E-state index is 11.9. The number of urea groups is 1. The van der Waals surface area contributed by atoms with Crippen molar-refractivity contribution in [1.82, 2.24) is 10.2 Å². The lowest BCUT2D eigenvalue weighted by molar-refractivity contribution is -0.159. The van der Waals surface area contributed by atoms with Crippen molar-refractivity contribution < 1.29 is 19.4 Å². The largest absolute Gasteiger partial charge is 0.480 e. The number of rotatable bonds is 5. The summed E-state index contributed by atoms with van der Waals surface area (Å²) in [5.41, 5.74) is -0.767. The van der Waals surface area contributed by atoms with Crippen LogP contribution < -0.4 is 5.32 Å². The van der Waals surface area contributed by atoms with Gasteiger partial charge in [-0.1, -0.05) is 6.92 Å². The minimum atomic E-state index is -0.994. The van der Waals surface area contributed by atoms with E-state index in [9.17, 15) is 9.59 Å². The SMILES string of the molecule is CCC(C)(C)NC(=O)N1CC(C)(OCC(=O)O)C1. The highest BCUT2D eigenvalue weighted by molar-refractivity contribution is 5.76. The number of nitrogens with one attached hydrogen (secondary N) is 1. The zero-order valence-electron chi connectivity index (χ0n) is 11.4. The summed E-state index contributed by atoms with van der Waals surface area (Å²) in [7, 11) is 0. The van der Waals surface area contributed by atoms with Gasteiger partial charge in [-0.3, -0.25) is 0 Å². The van der Waals surface area contributed by atoms with E-state index < -0.39 is 11.6 Å². The van der Waals surface area contributed by atoms with Gasteiger partial charge in [0.05, 0.1) is 13.1 Å². The molecule has 0 radical (unpaired) electrons. The third-order valence-electron chi connectivity index (χ3n) is 3.21. The Morgan fingerprint density at radius 2 is 2.00 bits per heavy atom. The van der Waals surface area contributed by atoms with E-state index in [1.807, 2.05) is 27.7 Å². The molecule has 1 saturated heterocycles. The second-order valence-corrected chi connectivity index (χ2v) is 5.66. The van der Waals surface area contributed by atoms with Crippen molar-refractivity contribution in [3.63, 3.8) is 0 Å². The average molecular weight is 258 g/mol. The molecule has 18 heavy (non-hydrogen) atoms. The zero-order chi connectivity index (χ0) is 14.0. The molecule has 0 saturated carbocycles. The first-order valence-electron chi connectivity index (χ1n) is 6.10. The lowest BCUT2D eigenvalue weighted by Crippen LogP contribution is -2.66. The van der Waals surface area contributed by atoms with Crippen LogP contribution in [-0.4, -0.2) is 52.8 Å². The van der Waals surface area contributed by atoms with Gasteiger partial charge in [-0.15, -0.1) is 0 Å². The molecule has 1 aliphatic rings. The van der Waals surface area contributed by atoms with Crippen LogP contribution in [0.3, 0.4) is 0 Å². The molecule has 0 aromatic carbocycles. The Labute approximate surface area is 107 Å². The number of nitrogens with zero attached hydrogens (tertiary/aromatic N) is 1. The zero-order valence-corrected chi connectivity index (χ0v) is 11.4. The van der Waals surface area contributed by atoms with Crippen molar-refractivity contribution in [2.75, 3.05) is 19.7 Å². The summed E-state index contributed by atoms with van der Waals surface area (Å²) in [6.07, 6.45) is 0.847. The van der Waals surface area contributed by atoms with E-state index in [4.69, 9.17) is 9.84 Å². The number of amides is 2. The number of carboxylic acid groups (broad SMARTS) is 1. The summed E-state index contributed by atoms with van der Waals surface area (Å²) in [5.74, 6) is -0.994. The molecule has 0 bridgehead atoms. The third-order valence-corrected chi connectivity index (χ3v) is 3.21. The summed E-state index contributed by atoms with van der Waals surface area (Å²) >= 11 is 0. The van der Waals surface area contributed by atoms with Crippen molar-refractivity contribution >= 4 is 12.0 Å². The first-order chi connectivity index (χ1) is 8.17. The Kier molecular flexibility index (Phi) is 4.21. The van der Waals surface area contributed by atoms with Crippen molar-refractivity contribution in [2.24, 2.45) is 0 Å². The molecule has 1 fully saturated rings. The minimum Gasteiger partial charge on any atom is -0.480 e. The second-order valence-electron chi connectivity index (χ2n) is 5.66. The molecule has 1 heterocycles. The van der Waals surface area contributed by atoms with E-state index in [1.165, 1.54) is 0 Å². The van der Waals surface area contributed by atoms with E-state index >= 15 is 0 Å². The molecule has 2 N–H and O–H groups in total. The van der Waals surface area contributed by atoms with Gasteiger partial charge in [0.1, 0.15) is 12.2 Å². The number of hydrogen-bond acceptors (Lipinski definition) is 3. The minimum absolute atomic E-state index is 0.127. The third kappa shape index (κ3) is 3.87. The molecule has 1 aliphatic heterocycles. The molecular formula is C12H22N2O4. The monoisotopic (exact) mass is 258 g/mol. The molecule has 6 nitrogen and oxygen atoms in total. The van der Waals surface area contributed by atoms with Crippen molar-refractivity contribution in [1.29, 1.82) is 0 Å². The van der Waals surface area contributed by atoms with E-state index in [-0.39, 0.29) is 18.2 Å². The highest BCUT2D eigenvalue weighted by atomic mass is 16.5. The number of carbonyl (C=O) groups excluding carboxylic acids is 1. The number of likely N-dealkylation sites (tertiary alicyclic amines) is 1.